The monoisotopic (exact) mass is 354 g/mol. The number of aromatic nitrogens is 1. The highest BCUT2D eigenvalue weighted by Crippen LogP contribution is 2.34. The zero-order valence-corrected chi connectivity index (χ0v) is 15.0. The van der Waals surface area contributed by atoms with E-state index in [-0.39, 0.29) is 17.7 Å². The summed E-state index contributed by atoms with van der Waals surface area (Å²) in [5, 5.41) is 3.03. The molecule has 26 heavy (non-hydrogen) atoms. The van der Waals surface area contributed by atoms with Gasteiger partial charge < -0.3 is 19.8 Å². The summed E-state index contributed by atoms with van der Waals surface area (Å²) >= 11 is 0. The SMILES string of the molecule is COc1cccc2c1OCC(NC(=O)c1c(C)[nH]c3c1C(=O)CCC3)C2. The molecule has 4 rings (SSSR count). The molecule has 2 aromatic rings. The maximum Gasteiger partial charge on any atom is 0.254 e. The highest BCUT2D eigenvalue weighted by Gasteiger charge is 2.30. The van der Waals surface area contributed by atoms with Crippen LogP contribution in [-0.4, -0.2) is 36.4 Å². The van der Waals surface area contributed by atoms with Crippen LogP contribution >= 0.6 is 0 Å². The number of carbonyl (C=O) groups excluding carboxylic acids is 2. The van der Waals surface area contributed by atoms with Crippen LogP contribution in [0.2, 0.25) is 0 Å². The van der Waals surface area contributed by atoms with Gasteiger partial charge in [-0.15, -0.1) is 0 Å². The molecule has 2 heterocycles. The zero-order valence-electron chi connectivity index (χ0n) is 15.0. The van der Waals surface area contributed by atoms with Gasteiger partial charge in [-0.1, -0.05) is 12.1 Å². The van der Waals surface area contributed by atoms with Crippen LogP contribution in [0.15, 0.2) is 18.2 Å². The summed E-state index contributed by atoms with van der Waals surface area (Å²) in [6, 6.07) is 5.60. The lowest BCUT2D eigenvalue weighted by atomic mass is 9.92. The molecule has 0 spiro atoms. The lowest BCUT2D eigenvalue weighted by Gasteiger charge is -2.27. The third kappa shape index (κ3) is 2.75. The Hall–Kier alpha value is -2.76. The van der Waals surface area contributed by atoms with Crippen molar-refractivity contribution in [2.75, 3.05) is 13.7 Å². The largest absolute Gasteiger partial charge is 0.493 e. The van der Waals surface area contributed by atoms with E-state index in [9.17, 15) is 9.59 Å². The lowest BCUT2D eigenvalue weighted by molar-refractivity contribution is 0.0898. The van der Waals surface area contributed by atoms with Gasteiger partial charge in [-0.05, 0) is 32.3 Å². The van der Waals surface area contributed by atoms with Crippen molar-refractivity contribution in [1.29, 1.82) is 0 Å². The number of ketones is 1. The molecule has 6 heteroatoms. The molecule has 6 nitrogen and oxygen atoms in total. The molecule has 0 fully saturated rings. The first-order valence-electron chi connectivity index (χ1n) is 8.92. The van der Waals surface area contributed by atoms with E-state index in [0.29, 0.717) is 36.3 Å². The van der Waals surface area contributed by atoms with Gasteiger partial charge in [0.1, 0.15) is 6.61 Å². The maximum absolute atomic E-state index is 12.9. The second kappa shape index (κ2) is 6.52. The summed E-state index contributed by atoms with van der Waals surface area (Å²) in [6.07, 6.45) is 2.82. The molecule has 1 unspecified atom stereocenters. The summed E-state index contributed by atoms with van der Waals surface area (Å²) in [5.41, 5.74) is 3.71. The average molecular weight is 354 g/mol. The number of Topliss-reactive ketones (excluding diaryl/α,β-unsaturated/α-hetero) is 1. The number of aromatic amines is 1. The minimum Gasteiger partial charge on any atom is -0.493 e. The standard InChI is InChI=1S/C20H22N2O4/c1-11-17(18-14(21-11)6-4-7-15(18)23)20(24)22-13-9-12-5-3-8-16(25-2)19(12)26-10-13/h3,5,8,13,21H,4,6-7,9-10H2,1-2H3,(H,22,24). The highest BCUT2D eigenvalue weighted by atomic mass is 16.5. The maximum atomic E-state index is 12.9. The molecule has 0 bridgehead atoms. The number of rotatable bonds is 3. The quantitative estimate of drug-likeness (QED) is 0.888. The fourth-order valence-corrected chi connectivity index (χ4v) is 3.92. The molecule has 1 aliphatic carbocycles. The highest BCUT2D eigenvalue weighted by molar-refractivity contribution is 6.10. The van der Waals surface area contributed by atoms with Crippen molar-refractivity contribution >= 4 is 11.7 Å². The van der Waals surface area contributed by atoms with Crippen molar-refractivity contribution in [3.8, 4) is 11.5 Å². The molecule has 1 atom stereocenters. The van der Waals surface area contributed by atoms with Crippen LogP contribution in [0.4, 0.5) is 0 Å². The number of carbonyl (C=O) groups is 2. The number of hydrogen-bond donors (Lipinski definition) is 2. The molecule has 0 saturated heterocycles. The number of fused-ring (bicyclic) bond motifs is 2. The van der Waals surface area contributed by atoms with E-state index in [4.69, 9.17) is 9.47 Å². The van der Waals surface area contributed by atoms with E-state index in [1.807, 2.05) is 25.1 Å². The van der Waals surface area contributed by atoms with Crippen molar-refractivity contribution in [3.63, 3.8) is 0 Å². The van der Waals surface area contributed by atoms with Crippen molar-refractivity contribution in [2.24, 2.45) is 0 Å². The molecule has 2 aliphatic rings. The zero-order chi connectivity index (χ0) is 18.3. The Kier molecular flexibility index (Phi) is 4.18. The van der Waals surface area contributed by atoms with E-state index >= 15 is 0 Å². The smallest absolute Gasteiger partial charge is 0.254 e. The van der Waals surface area contributed by atoms with Gasteiger partial charge in [-0.2, -0.15) is 0 Å². The van der Waals surface area contributed by atoms with Crippen LogP contribution in [-0.2, 0) is 12.8 Å². The van der Waals surface area contributed by atoms with Gasteiger partial charge in [-0.3, -0.25) is 9.59 Å². The van der Waals surface area contributed by atoms with Gasteiger partial charge in [-0.25, -0.2) is 0 Å². The lowest BCUT2D eigenvalue weighted by Crippen LogP contribution is -2.43. The predicted octanol–water partition coefficient (Wildman–Crippen LogP) is 2.58. The molecule has 0 radical (unpaired) electrons. The van der Waals surface area contributed by atoms with Crippen LogP contribution in [0.3, 0.4) is 0 Å². The van der Waals surface area contributed by atoms with Gasteiger partial charge in [0.25, 0.3) is 5.91 Å². The number of amides is 1. The summed E-state index contributed by atoms with van der Waals surface area (Å²) in [7, 11) is 1.61. The van der Waals surface area contributed by atoms with Crippen molar-refractivity contribution in [2.45, 2.75) is 38.6 Å². The normalized spacial score (nSPS) is 18.5. The van der Waals surface area contributed by atoms with E-state index < -0.39 is 0 Å². The van der Waals surface area contributed by atoms with Crippen LogP contribution in [0.25, 0.3) is 0 Å². The Morgan fingerprint density at radius 2 is 2.19 bits per heavy atom. The number of para-hydroxylation sites is 1. The number of benzene rings is 1. The fourth-order valence-electron chi connectivity index (χ4n) is 3.92. The number of H-pyrrole nitrogens is 1. The fraction of sp³-hybridized carbons (Fsp3) is 0.400. The minimum absolute atomic E-state index is 0.0516. The van der Waals surface area contributed by atoms with Gasteiger partial charge in [0, 0.05) is 23.4 Å². The van der Waals surface area contributed by atoms with Crippen LogP contribution in [0, 0.1) is 6.92 Å². The Morgan fingerprint density at radius 1 is 1.35 bits per heavy atom. The Labute approximate surface area is 151 Å². The minimum atomic E-state index is -0.213. The Balaban J connectivity index is 1.55. The Bertz CT molecular complexity index is 884. The van der Waals surface area contributed by atoms with E-state index in [0.717, 1.165) is 35.5 Å². The Morgan fingerprint density at radius 3 is 3.00 bits per heavy atom. The summed E-state index contributed by atoms with van der Waals surface area (Å²) < 4.78 is 11.1. The van der Waals surface area contributed by atoms with Crippen molar-refractivity contribution in [3.05, 3.63) is 46.3 Å². The van der Waals surface area contributed by atoms with Crippen LogP contribution in [0.1, 0.15) is 50.5 Å². The van der Waals surface area contributed by atoms with Crippen molar-refractivity contribution < 1.29 is 19.1 Å². The number of methoxy groups -OCH3 is 1. The molecule has 0 saturated carbocycles. The van der Waals surface area contributed by atoms with Gasteiger partial charge >= 0.3 is 0 Å². The van der Waals surface area contributed by atoms with E-state index in [1.165, 1.54) is 0 Å². The second-order valence-electron chi connectivity index (χ2n) is 6.89. The number of aryl methyl sites for hydroxylation is 2. The third-order valence-electron chi connectivity index (χ3n) is 5.11. The first-order valence-corrected chi connectivity index (χ1v) is 8.92. The van der Waals surface area contributed by atoms with Crippen LogP contribution in [0.5, 0.6) is 11.5 Å². The van der Waals surface area contributed by atoms with Gasteiger partial charge in [0.05, 0.1) is 24.3 Å². The number of nitrogens with one attached hydrogen (secondary N) is 2. The molecule has 1 aromatic heterocycles. The number of ether oxygens (including phenoxy) is 2. The molecule has 136 valence electrons. The average Bonchev–Trinajstić information content (AvgIpc) is 2.98. The summed E-state index contributed by atoms with van der Waals surface area (Å²) in [4.78, 5) is 28.4. The van der Waals surface area contributed by atoms with Gasteiger partial charge in [0.2, 0.25) is 0 Å². The molecular formula is C20H22N2O4. The molecular weight excluding hydrogens is 332 g/mol. The van der Waals surface area contributed by atoms with Crippen LogP contribution < -0.4 is 14.8 Å². The first-order chi connectivity index (χ1) is 12.6. The van der Waals surface area contributed by atoms with E-state index in [2.05, 4.69) is 10.3 Å². The molecule has 2 N–H and O–H groups in total. The third-order valence-corrected chi connectivity index (χ3v) is 5.11. The number of hydrogen-bond acceptors (Lipinski definition) is 4. The second-order valence-corrected chi connectivity index (χ2v) is 6.89. The summed E-state index contributed by atoms with van der Waals surface area (Å²) in [5.74, 6) is 1.28. The van der Waals surface area contributed by atoms with E-state index in [1.54, 1.807) is 7.11 Å². The molecule has 1 aliphatic heterocycles. The molecule has 1 aromatic carbocycles. The summed E-state index contributed by atoms with van der Waals surface area (Å²) in [6.45, 7) is 2.22. The van der Waals surface area contributed by atoms with Gasteiger partial charge in [0.15, 0.2) is 17.3 Å². The molecule has 1 amide bonds. The topological polar surface area (TPSA) is 80.4 Å². The first kappa shape index (κ1) is 16.7. The predicted molar refractivity (Wildman–Crippen MR) is 96.2 cm³/mol. The van der Waals surface area contributed by atoms with Crippen molar-refractivity contribution in [1.82, 2.24) is 10.3 Å².